The number of likely N-dealkylation sites (tertiary alicyclic amines) is 1. The molecule has 0 bridgehead atoms. The number of carbonyl (C=O) groups is 1. The predicted octanol–water partition coefficient (Wildman–Crippen LogP) is 4.15. The summed E-state index contributed by atoms with van der Waals surface area (Å²) in [4.78, 5) is 22.4. The van der Waals surface area contributed by atoms with Gasteiger partial charge >= 0.3 is 0 Å². The highest BCUT2D eigenvalue weighted by molar-refractivity contribution is 7.99. The van der Waals surface area contributed by atoms with Gasteiger partial charge in [0, 0.05) is 17.1 Å². The van der Waals surface area contributed by atoms with Gasteiger partial charge in [0.15, 0.2) is 0 Å². The van der Waals surface area contributed by atoms with E-state index in [0.717, 1.165) is 36.5 Å². The van der Waals surface area contributed by atoms with Crippen molar-refractivity contribution in [3.63, 3.8) is 0 Å². The lowest BCUT2D eigenvalue weighted by Crippen LogP contribution is -2.36. The molecule has 122 valence electrons. The zero-order valence-electron chi connectivity index (χ0n) is 13.3. The lowest BCUT2D eigenvalue weighted by atomic mass is 10.2. The second kappa shape index (κ2) is 6.97. The zero-order valence-corrected chi connectivity index (χ0v) is 14.8. The Hall–Kier alpha value is -1.46. The number of halogens is 1. The van der Waals surface area contributed by atoms with Crippen molar-refractivity contribution in [2.45, 2.75) is 31.1 Å². The summed E-state index contributed by atoms with van der Waals surface area (Å²) < 4.78 is 0. The molecule has 0 aliphatic carbocycles. The van der Waals surface area contributed by atoms with Crippen LogP contribution in [-0.4, -0.2) is 38.8 Å². The van der Waals surface area contributed by atoms with E-state index in [1.54, 1.807) is 18.0 Å². The fourth-order valence-electron chi connectivity index (χ4n) is 2.97. The number of rotatable bonds is 4. The van der Waals surface area contributed by atoms with Gasteiger partial charge in [-0.05, 0) is 32.1 Å². The second-order valence-corrected chi connectivity index (χ2v) is 7.32. The molecule has 1 aliphatic heterocycles. The summed E-state index contributed by atoms with van der Waals surface area (Å²) in [6.07, 6.45) is 5.73. The van der Waals surface area contributed by atoms with Gasteiger partial charge in [-0.25, -0.2) is 4.98 Å². The van der Waals surface area contributed by atoms with Gasteiger partial charge in [-0.2, -0.15) is 11.8 Å². The third kappa shape index (κ3) is 3.26. The average Bonchev–Trinajstić information content (AvgIpc) is 3.22. The maximum absolute atomic E-state index is 12.5. The number of carbonyl (C=O) groups excluding carboxylic acids is 1. The third-order valence-corrected chi connectivity index (χ3v) is 5.55. The quantitative estimate of drug-likeness (QED) is 0.902. The molecular formula is C17H20ClN3OS. The summed E-state index contributed by atoms with van der Waals surface area (Å²) in [6, 6.07) is 7.72. The molecule has 0 radical (unpaired) electrons. The number of nitrogens with one attached hydrogen (secondary N) is 1. The Morgan fingerprint density at radius 1 is 1.48 bits per heavy atom. The van der Waals surface area contributed by atoms with Gasteiger partial charge in [-0.15, -0.1) is 0 Å². The van der Waals surface area contributed by atoms with Crippen LogP contribution in [0.3, 0.4) is 0 Å². The van der Waals surface area contributed by atoms with E-state index in [-0.39, 0.29) is 17.2 Å². The molecule has 2 aromatic rings. The van der Waals surface area contributed by atoms with E-state index in [1.165, 1.54) is 0 Å². The van der Waals surface area contributed by atoms with Gasteiger partial charge in [-0.1, -0.05) is 29.8 Å². The van der Waals surface area contributed by atoms with Gasteiger partial charge in [-0.3, -0.25) is 4.79 Å². The molecule has 0 unspecified atom stereocenters. The van der Waals surface area contributed by atoms with E-state index >= 15 is 0 Å². The van der Waals surface area contributed by atoms with Gasteiger partial charge in [0.2, 0.25) is 5.91 Å². The number of hydrogen-bond donors (Lipinski definition) is 1. The summed E-state index contributed by atoms with van der Waals surface area (Å²) >= 11 is 7.83. The minimum atomic E-state index is -0.0198. The number of hydrogen-bond acceptors (Lipinski definition) is 3. The second-order valence-electron chi connectivity index (χ2n) is 5.73. The minimum absolute atomic E-state index is 0.0198. The maximum atomic E-state index is 12.5. The average molecular weight is 350 g/mol. The lowest BCUT2D eigenvalue weighted by molar-refractivity contribution is -0.131. The number of nitrogens with zero attached hydrogens (tertiary/aromatic N) is 2. The van der Waals surface area contributed by atoms with Crippen LogP contribution in [0.2, 0.25) is 5.02 Å². The molecule has 1 N–H and O–H groups in total. The predicted molar refractivity (Wildman–Crippen MR) is 95.7 cm³/mol. The molecule has 0 saturated carbocycles. The smallest absolute Gasteiger partial charge is 0.236 e. The molecule has 1 amide bonds. The molecule has 1 saturated heterocycles. The van der Waals surface area contributed by atoms with Crippen LogP contribution in [0.5, 0.6) is 0 Å². The van der Waals surface area contributed by atoms with Crippen molar-refractivity contribution in [1.82, 2.24) is 14.9 Å². The van der Waals surface area contributed by atoms with Crippen molar-refractivity contribution < 1.29 is 4.79 Å². The Morgan fingerprint density at radius 2 is 2.26 bits per heavy atom. The molecule has 2 heterocycles. The van der Waals surface area contributed by atoms with Crippen molar-refractivity contribution >= 4 is 29.3 Å². The lowest BCUT2D eigenvalue weighted by Gasteiger charge is -2.25. The number of aromatic amines is 1. The van der Waals surface area contributed by atoms with E-state index in [9.17, 15) is 4.79 Å². The molecule has 3 rings (SSSR count). The first kappa shape index (κ1) is 16.4. The molecule has 6 heteroatoms. The highest BCUT2D eigenvalue weighted by Gasteiger charge is 2.33. The summed E-state index contributed by atoms with van der Waals surface area (Å²) in [5, 5.41) is 0.673. The van der Waals surface area contributed by atoms with Crippen LogP contribution >= 0.6 is 23.4 Å². The molecule has 1 fully saturated rings. The van der Waals surface area contributed by atoms with E-state index in [0.29, 0.717) is 5.02 Å². The first-order valence-corrected chi connectivity index (χ1v) is 9.41. The molecule has 0 spiro atoms. The Balaban J connectivity index is 1.85. The van der Waals surface area contributed by atoms with Crippen molar-refractivity contribution in [3.8, 4) is 11.3 Å². The van der Waals surface area contributed by atoms with Crippen LogP contribution in [0.4, 0.5) is 0 Å². The van der Waals surface area contributed by atoms with Crippen LogP contribution in [0.25, 0.3) is 11.3 Å². The Kier molecular flexibility index (Phi) is 4.97. The highest BCUT2D eigenvalue weighted by atomic mass is 35.5. The first-order valence-electron chi connectivity index (χ1n) is 7.75. The van der Waals surface area contributed by atoms with Gasteiger partial charge in [0.25, 0.3) is 0 Å². The Morgan fingerprint density at radius 3 is 3.00 bits per heavy atom. The molecule has 4 nitrogen and oxygen atoms in total. The maximum Gasteiger partial charge on any atom is 0.236 e. The third-order valence-electron chi connectivity index (χ3n) is 4.31. The van der Waals surface area contributed by atoms with Gasteiger partial charge in [0.1, 0.15) is 5.82 Å². The fraction of sp³-hybridized carbons (Fsp3) is 0.412. The number of amides is 1. The van der Waals surface area contributed by atoms with E-state index in [4.69, 9.17) is 11.6 Å². The van der Waals surface area contributed by atoms with Crippen LogP contribution < -0.4 is 0 Å². The van der Waals surface area contributed by atoms with Crippen molar-refractivity contribution in [2.75, 3.05) is 12.8 Å². The monoisotopic (exact) mass is 349 g/mol. The van der Waals surface area contributed by atoms with Gasteiger partial charge < -0.3 is 9.88 Å². The van der Waals surface area contributed by atoms with Crippen LogP contribution in [0.1, 0.15) is 31.6 Å². The van der Waals surface area contributed by atoms with Crippen molar-refractivity contribution in [2.24, 2.45) is 0 Å². The Bertz CT molecular complexity index is 703. The largest absolute Gasteiger partial charge is 0.340 e. The number of aromatic nitrogens is 2. The molecule has 1 aliphatic rings. The normalized spacial score (nSPS) is 19.1. The van der Waals surface area contributed by atoms with Crippen LogP contribution in [0.15, 0.2) is 30.5 Å². The standard InChI is InChI=1S/C17H20ClN3OS/c1-11(23-2)17(22)21-9-5-8-15(21)16-19-10-14(20-16)12-6-3-4-7-13(12)18/h3-4,6-7,10-11,15H,5,8-9H2,1-2H3,(H,19,20)/t11-,15-/m1/s1. The summed E-state index contributed by atoms with van der Waals surface area (Å²) in [6.45, 7) is 2.76. The number of thioether (sulfide) groups is 1. The topological polar surface area (TPSA) is 49.0 Å². The van der Waals surface area contributed by atoms with Gasteiger partial charge in [0.05, 0.1) is 23.2 Å². The number of H-pyrrole nitrogens is 1. The van der Waals surface area contributed by atoms with Crippen LogP contribution in [0, 0.1) is 0 Å². The molecule has 2 atom stereocenters. The van der Waals surface area contributed by atoms with E-state index < -0.39 is 0 Å². The van der Waals surface area contributed by atoms with E-state index in [1.807, 2.05) is 42.3 Å². The van der Waals surface area contributed by atoms with E-state index in [2.05, 4.69) is 9.97 Å². The zero-order chi connectivity index (χ0) is 16.4. The minimum Gasteiger partial charge on any atom is -0.340 e. The number of benzene rings is 1. The number of imidazole rings is 1. The fourth-order valence-corrected chi connectivity index (χ4v) is 3.55. The molecule has 1 aromatic carbocycles. The molecular weight excluding hydrogens is 330 g/mol. The van der Waals surface area contributed by atoms with Crippen molar-refractivity contribution in [3.05, 3.63) is 41.3 Å². The first-order chi connectivity index (χ1) is 11.1. The Labute approximate surface area is 145 Å². The summed E-state index contributed by atoms with van der Waals surface area (Å²) in [7, 11) is 0. The summed E-state index contributed by atoms with van der Waals surface area (Å²) in [5.74, 6) is 1.04. The molecule has 23 heavy (non-hydrogen) atoms. The SMILES string of the molecule is CS[C@H](C)C(=O)N1CCC[C@@H]1c1ncc(-c2ccccc2Cl)[nH]1. The van der Waals surface area contributed by atoms with Crippen molar-refractivity contribution in [1.29, 1.82) is 0 Å². The molecule has 1 aromatic heterocycles. The summed E-state index contributed by atoms with van der Waals surface area (Å²) in [5.41, 5.74) is 1.82. The highest BCUT2D eigenvalue weighted by Crippen LogP contribution is 2.34. The van der Waals surface area contributed by atoms with Crippen LogP contribution in [-0.2, 0) is 4.79 Å².